The molecule has 5 rings (SSSR count). The molecule has 33 heavy (non-hydrogen) atoms. The smallest absolute Gasteiger partial charge is 0.247 e. The molecule has 0 fully saturated rings. The lowest BCUT2D eigenvalue weighted by Crippen LogP contribution is -2.30. The van der Waals surface area contributed by atoms with E-state index in [1.807, 2.05) is 36.4 Å². The van der Waals surface area contributed by atoms with Crippen LogP contribution in [0.3, 0.4) is 0 Å². The number of sulfonamides is 1. The van der Waals surface area contributed by atoms with E-state index in [1.54, 1.807) is 36.4 Å². The van der Waals surface area contributed by atoms with Gasteiger partial charge in [-0.3, -0.25) is 0 Å². The predicted molar refractivity (Wildman–Crippen MR) is 126 cm³/mol. The van der Waals surface area contributed by atoms with Gasteiger partial charge in [-0.1, -0.05) is 48.0 Å². The Morgan fingerprint density at radius 1 is 0.879 bits per heavy atom. The maximum atomic E-state index is 13.4. The SMILES string of the molecule is O=S(=O)(NC(c1ccc(Cl)cc1)c1nnc(-c2ccccc2)o1)c1ccc2c(c1)CCCC2. The molecule has 6 nitrogen and oxygen atoms in total. The number of rotatable bonds is 6. The lowest BCUT2D eigenvalue weighted by Gasteiger charge is -2.19. The number of benzene rings is 3. The van der Waals surface area contributed by atoms with Crippen LogP contribution in [0.4, 0.5) is 0 Å². The number of aryl methyl sites for hydroxylation is 2. The molecule has 168 valence electrons. The van der Waals surface area contributed by atoms with Gasteiger partial charge in [0, 0.05) is 10.6 Å². The maximum absolute atomic E-state index is 13.4. The molecule has 0 saturated heterocycles. The van der Waals surface area contributed by atoms with Gasteiger partial charge in [-0.2, -0.15) is 4.72 Å². The second kappa shape index (κ2) is 9.09. The van der Waals surface area contributed by atoms with Crippen LogP contribution in [0.15, 0.2) is 82.1 Å². The monoisotopic (exact) mass is 479 g/mol. The topological polar surface area (TPSA) is 85.1 Å². The second-order valence-electron chi connectivity index (χ2n) is 8.05. The summed E-state index contributed by atoms with van der Waals surface area (Å²) in [5, 5.41) is 8.84. The van der Waals surface area contributed by atoms with E-state index in [9.17, 15) is 8.42 Å². The van der Waals surface area contributed by atoms with Gasteiger partial charge in [-0.25, -0.2) is 8.42 Å². The van der Waals surface area contributed by atoms with Crippen molar-refractivity contribution in [2.45, 2.75) is 36.6 Å². The van der Waals surface area contributed by atoms with Crippen molar-refractivity contribution in [3.05, 3.63) is 100 Å². The van der Waals surface area contributed by atoms with E-state index < -0.39 is 16.1 Å². The summed E-state index contributed by atoms with van der Waals surface area (Å²) in [5.74, 6) is 0.468. The first-order valence-corrected chi connectivity index (χ1v) is 12.6. The summed E-state index contributed by atoms with van der Waals surface area (Å²) in [6, 6.07) is 20.7. The number of nitrogens with zero attached hydrogens (tertiary/aromatic N) is 2. The minimum absolute atomic E-state index is 0.151. The van der Waals surface area contributed by atoms with Crippen LogP contribution in [0.25, 0.3) is 11.5 Å². The van der Waals surface area contributed by atoms with Crippen molar-refractivity contribution < 1.29 is 12.8 Å². The van der Waals surface area contributed by atoms with Gasteiger partial charge in [0.25, 0.3) is 0 Å². The van der Waals surface area contributed by atoms with Crippen LogP contribution in [0.1, 0.15) is 41.5 Å². The molecule has 1 aliphatic carbocycles. The Balaban J connectivity index is 1.51. The minimum Gasteiger partial charge on any atom is -0.419 e. The average Bonchev–Trinajstić information content (AvgIpc) is 3.34. The fraction of sp³-hybridized carbons (Fsp3) is 0.200. The van der Waals surface area contributed by atoms with Crippen LogP contribution in [0, 0.1) is 0 Å². The minimum atomic E-state index is -3.87. The van der Waals surface area contributed by atoms with Gasteiger partial charge >= 0.3 is 0 Å². The van der Waals surface area contributed by atoms with E-state index in [2.05, 4.69) is 14.9 Å². The molecule has 0 saturated carbocycles. The first-order valence-electron chi connectivity index (χ1n) is 10.8. The zero-order valence-electron chi connectivity index (χ0n) is 17.7. The number of halogens is 1. The Morgan fingerprint density at radius 3 is 2.36 bits per heavy atom. The summed E-state index contributed by atoms with van der Waals surface area (Å²) in [6.45, 7) is 0. The van der Waals surface area contributed by atoms with Gasteiger partial charge in [0.1, 0.15) is 6.04 Å². The van der Waals surface area contributed by atoms with Crippen molar-refractivity contribution in [1.82, 2.24) is 14.9 Å². The molecule has 3 aromatic carbocycles. The third kappa shape index (κ3) is 4.71. The highest BCUT2D eigenvalue weighted by Gasteiger charge is 2.28. The maximum Gasteiger partial charge on any atom is 0.247 e. The first-order chi connectivity index (χ1) is 16.0. The van der Waals surface area contributed by atoms with Crippen LogP contribution < -0.4 is 4.72 Å². The molecular weight excluding hydrogens is 458 g/mol. The molecule has 0 spiro atoms. The molecule has 8 heteroatoms. The highest BCUT2D eigenvalue weighted by atomic mass is 35.5. The van der Waals surface area contributed by atoms with E-state index in [4.69, 9.17) is 16.0 Å². The van der Waals surface area contributed by atoms with Crippen molar-refractivity contribution in [2.24, 2.45) is 0 Å². The standard InChI is InChI=1S/C25H22ClN3O3S/c26-21-13-10-18(11-14-21)23(25-28-27-24(32-25)19-7-2-1-3-8-19)29-33(30,31)22-15-12-17-6-4-5-9-20(17)16-22/h1-3,7-8,10-16,23,29H,4-6,9H2. The van der Waals surface area contributed by atoms with Gasteiger partial charge in [-0.15, -0.1) is 10.2 Å². The van der Waals surface area contributed by atoms with Gasteiger partial charge in [0.05, 0.1) is 4.90 Å². The highest BCUT2D eigenvalue weighted by Crippen LogP contribution is 2.29. The Morgan fingerprint density at radius 2 is 1.61 bits per heavy atom. The van der Waals surface area contributed by atoms with Gasteiger partial charge in [-0.05, 0) is 78.8 Å². The van der Waals surface area contributed by atoms with Crippen LogP contribution in [0.5, 0.6) is 0 Å². The van der Waals surface area contributed by atoms with Crippen LogP contribution in [0.2, 0.25) is 5.02 Å². The first kappa shape index (κ1) is 21.8. The predicted octanol–water partition coefficient (Wildman–Crippen LogP) is 5.34. The van der Waals surface area contributed by atoms with Crippen molar-refractivity contribution in [3.8, 4) is 11.5 Å². The van der Waals surface area contributed by atoms with E-state index in [1.165, 1.54) is 5.56 Å². The summed E-state index contributed by atoms with van der Waals surface area (Å²) in [4.78, 5) is 0.227. The van der Waals surface area contributed by atoms with Crippen LogP contribution >= 0.6 is 11.6 Å². The second-order valence-corrected chi connectivity index (χ2v) is 10.2. The molecule has 1 unspecified atom stereocenters. The average molecular weight is 480 g/mol. The Hall–Kier alpha value is -3.00. The molecule has 1 aliphatic rings. The largest absolute Gasteiger partial charge is 0.419 e. The molecule has 0 amide bonds. The normalized spacial score (nSPS) is 14.6. The fourth-order valence-corrected chi connectivity index (χ4v) is 5.42. The summed E-state index contributed by atoms with van der Waals surface area (Å²) in [7, 11) is -3.87. The zero-order valence-corrected chi connectivity index (χ0v) is 19.3. The number of fused-ring (bicyclic) bond motifs is 1. The van der Waals surface area contributed by atoms with Gasteiger partial charge in [0.15, 0.2) is 0 Å². The van der Waals surface area contributed by atoms with E-state index in [0.717, 1.165) is 36.8 Å². The van der Waals surface area contributed by atoms with Crippen LogP contribution in [-0.2, 0) is 22.9 Å². The summed E-state index contributed by atoms with van der Waals surface area (Å²) < 4.78 is 35.5. The quantitative estimate of drug-likeness (QED) is 0.403. The lowest BCUT2D eigenvalue weighted by molar-refractivity contribution is 0.464. The molecule has 1 heterocycles. The summed E-state index contributed by atoms with van der Waals surface area (Å²) >= 11 is 6.05. The molecular formula is C25H22ClN3O3S. The summed E-state index contributed by atoms with van der Waals surface area (Å²) in [6.07, 6.45) is 4.09. The number of hydrogen-bond donors (Lipinski definition) is 1. The van der Waals surface area contributed by atoms with Crippen molar-refractivity contribution in [3.63, 3.8) is 0 Å². The molecule has 0 radical (unpaired) electrons. The molecule has 1 aromatic heterocycles. The van der Waals surface area contributed by atoms with E-state index in [-0.39, 0.29) is 10.8 Å². The Kier molecular flexibility index (Phi) is 6.01. The molecule has 1 N–H and O–H groups in total. The Bertz CT molecular complexity index is 1370. The third-order valence-electron chi connectivity index (χ3n) is 5.81. The van der Waals surface area contributed by atoms with Crippen LogP contribution in [-0.4, -0.2) is 18.6 Å². The Labute approximate surface area is 197 Å². The van der Waals surface area contributed by atoms with Crippen molar-refractivity contribution in [2.75, 3.05) is 0 Å². The summed E-state index contributed by atoms with van der Waals surface area (Å²) in [5.41, 5.74) is 3.71. The number of aromatic nitrogens is 2. The molecule has 1 atom stereocenters. The van der Waals surface area contributed by atoms with E-state index in [0.29, 0.717) is 16.5 Å². The van der Waals surface area contributed by atoms with E-state index >= 15 is 0 Å². The molecule has 0 aliphatic heterocycles. The van der Waals surface area contributed by atoms with Crippen molar-refractivity contribution in [1.29, 1.82) is 0 Å². The molecule has 4 aromatic rings. The van der Waals surface area contributed by atoms with Gasteiger partial charge < -0.3 is 4.42 Å². The zero-order chi connectivity index (χ0) is 22.8. The highest BCUT2D eigenvalue weighted by molar-refractivity contribution is 7.89. The molecule has 0 bridgehead atoms. The van der Waals surface area contributed by atoms with Gasteiger partial charge in [0.2, 0.25) is 21.8 Å². The fourth-order valence-electron chi connectivity index (χ4n) is 4.07. The third-order valence-corrected chi connectivity index (χ3v) is 7.49. The number of nitrogens with one attached hydrogen (secondary N) is 1. The van der Waals surface area contributed by atoms with Crippen molar-refractivity contribution >= 4 is 21.6 Å². The number of hydrogen-bond acceptors (Lipinski definition) is 5. The lowest BCUT2D eigenvalue weighted by atomic mass is 9.92.